The molecule has 0 radical (unpaired) electrons. The third-order valence-corrected chi connectivity index (χ3v) is 13.3. The standard InChI is InChI=1S/C67H111N2O7P/c1-7-10-13-16-19-22-25-28-30-32-33-34-35-37-39-42-45-48-51-54-57-60-67(71)76-65(58-55-52-49-46-43-40-27-24-21-18-15-12-9-3)64(63-75-77(72,73)74-62-61-69(4,5)6)68-66(70)59-56-53-50-47-44-41-38-36-31-29-26-23-20-17-14-11-8-2/h10-11,13-14,19-20,22-23,28-31,33-34,37-39,41,45,47-48,50,55,58,64-65H,7-9,12,15-18,21,24-27,32,35-36,40,42-44,46,49,51-54,56-57,59-63H2,1-6H3,(H-,68,70,72,73)/p+1/b13-10-,14-11-,22-19-,23-20-,30-28-,31-29-,34-33-,39-37-,41-38-,48-45-,50-47-,58-55+. The number of quaternary nitrogens is 1. The number of allylic oxidation sites excluding steroid dienone is 23. The van der Waals surface area contributed by atoms with E-state index >= 15 is 0 Å². The Labute approximate surface area is 472 Å². The zero-order valence-electron chi connectivity index (χ0n) is 49.6. The number of hydrogen-bond acceptors (Lipinski definition) is 6. The van der Waals surface area contributed by atoms with Crippen molar-refractivity contribution in [1.29, 1.82) is 0 Å². The summed E-state index contributed by atoms with van der Waals surface area (Å²) < 4.78 is 30.6. The fraction of sp³-hybridized carbons (Fsp3) is 0.612. The minimum atomic E-state index is -4.48. The fourth-order valence-electron chi connectivity index (χ4n) is 7.68. The van der Waals surface area contributed by atoms with E-state index in [4.69, 9.17) is 13.8 Å². The van der Waals surface area contributed by atoms with Crippen LogP contribution in [-0.2, 0) is 27.9 Å². The van der Waals surface area contributed by atoms with Crippen LogP contribution in [0.3, 0.4) is 0 Å². The highest BCUT2D eigenvalue weighted by Gasteiger charge is 2.30. The highest BCUT2D eigenvalue weighted by molar-refractivity contribution is 7.47. The van der Waals surface area contributed by atoms with Crippen molar-refractivity contribution in [3.05, 3.63) is 146 Å². The minimum absolute atomic E-state index is 0.0138. The number of rotatable bonds is 52. The van der Waals surface area contributed by atoms with Gasteiger partial charge in [0.1, 0.15) is 19.3 Å². The van der Waals surface area contributed by atoms with Gasteiger partial charge < -0.3 is 19.4 Å². The Morgan fingerprint density at radius 1 is 0.468 bits per heavy atom. The van der Waals surface area contributed by atoms with E-state index in [1.165, 1.54) is 57.8 Å². The number of phosphoric acid groups is 1. The van der Waals surface area contributed by atoms with Crippen LogP contribution in [0.4, 0.5) is 0 Å². The van der Waals surface area contributed by atoms with Crippen LogP contribution < -0.4 is 5.32 Å². The van der Waals surface area contributed by atoms with Gasteiger partial charge in [0.05, 0.1) is 33.8 Å². The lowest BCUT2D eigenvalue weighted by atomic mass is 10.0. The summed E-state index contributed by atoms with van der Waals surface area (Å²) in [7, 11) is 1.41. The summed E-state index contributed by atoms with van der Waals surface area (Å²) in [6, 6.07) is -0.907. The van der Waals surface area contributed by atoms with Gasteiger partial charge in [-0.3, -0.25) is 18.6 Å². The molecule has 3 unspecified atom stereocenters. The van der Waals surface area contributed by atoms with Crippen LogP contribution in [0.5, 0.6) is 0 Å². The molecule has 0 aliphatic rings. The maximum absolute atomic E-state index is 13.5. The summed E-state index contributed by atoms with van der Waals surface area (Å²) >= 11 is 0. The van der Waals surface area contributed by atoms with Crippen molar-refractivity contribution in [1.82, 2.24) is 5.32 Å². The molecule has 0 aromatic rings. The molecule has 0 rings (SSSR count). The zero-order chi connectivity index (χ0) is 56.4. The first-order chi connectivity index (χ1) is 37.4. The smallest absolute Gasteiger partial charge is 0.456 e. The van der Waals surface area contributed by atoms with Gasteiger partial charge in [0.25, 0.3) is 0 Å². The number of unbranched alkanes of at least 4 members (excludes halogenated alkanes) is 14. The second-order valence-corrected chi connectivity index (χ2v) is 22.2. The normalized spacial score (nSPS) is 14.7. The van der Waals surface area contributed by atoms with E-state index in [1.807, 2.05) is 33.3 Å². The summed E-state index contributed by atoms with van der Waals surface area (Å²) in [5.74, 6) is -0.637. The molecule has 0 aromatic heterocycles. The fourth-order valence-corrected chi connectivity index (χ4v) is 8.42. The third kappa shape index (κ3) is 56.4. The number of carbonyl (C=O) groups excluding carboxylic acids is 2. The van der Waals surface area contributed by atoms with Crippen LogP contribution in [0.2, 0.25) is 0 Å². The highest BCUT2D eigenvalue weighted by atomic mass is 31.2. The molecule has 77 heavy (non-hydrogen) atoms. The van der Waals surface area contributed by atoms with Crippen molar-refractivity contribution in [3.8, 4) is 0 Å². The van der Waals surface area contributed by atoms with Gasteiger partial charge in [0.15, 0.2) is 0 Å². The lowest BCUT2D eigenvalue weighted by Gasteiger charge is -2.27. The van der Waals surface area contributed by atoms with E-state index in [9.17, 15) is 19.0 Å². The predicted molar refractivity (Wildman–Crippen MR) is 332 cm³/mol. The van der Waals surface area contributed by atoms with Crippen LogP contribution >= 0.6 is 7.82 Å². The van der Waals surface area contributed by atoms with E-state index < -0.39 is 20.0 Å². The van der Waals surface area contributed by atoms with Crippen LogP contribution in [0.15, 0.2) is 146 Å². The molecule has 0 spiro atoms. The number of likely N-dealkylation sites (N-methyl/N-ethyl adjacent to an activating group) is 1. The first kappa shape index (κ1) is 72.9. The Bertz CT molecular complexity index is 1830. The molecular weight excluding hydrogens is 976 g/mol. The van der Waals surface area contributed by atoms with Crippen LogP contribution in [0, 0.1) is 0 Å². The Morgan fingerprint density at radius 3 is 1.27 bits per heavy atom. The molecule has 0 aromatic carbocycles. The van der Waals surface area contributed by atoms with Gasteiger partial charge in [-0.25, -0.2) is 4.57 Å². The van der Waals surface area contributed by atoms with E-state index in [0.29, 0.717) is 23.9 Å². The van der Waals surface area contributed by atoms with Gasteiger partial charge in [-0.1, -0.05) is 225 Å². The number of ether oxygens (including phenoxy) is 1. The molecule has 0 heterocycles. The average Bonchev–Trinajstić information content (AvgIpc) is 3.39. The largest absolute Gasteiger partial charge is 0.472 e. The van der Waals surface area contributed by atoms with Gasteiger partial charge in [0, 0.05) is 12.8 Å². The molecule has 1 amide bonds. The quantitative estimate of drug-likeness (QED) is 0.0205. The predicted octanol–water partition coefficient (Wildman–Crippen LogP) is 18.7. The lowest BCUT2D eigenvalue weighted by molar-refractivity contribution is -0.870. The number of phosphoric ester groups is 1. The summed E-state index contributed by atoms with van der Waals surface area (Å²) in [6.45, 7) is 6.68. The molecule has 10 heteroatoms. The monoisotopic (exact) mass is 1090 g/mol. The summed E-state index contributed by atoms with van der Waals surface area (Å²) in [5.41, 5.74) is 0. The van der Waals surface area contributed by atoms with Crippen molar-refractivity contribution in [2.45, 2.75) is 226 Å². The van der Waals surface area contributed by atoms with E-state index in [-0.39, 0.29) is 37.9 Å². The van der Waals surface area contributed by atoms with Crippen molar-refractivity contribution >= 4 is 19.7 Å². The molecule has 0 bridgehead atoms. The number of carbonyl (C=O) groups is 2. The maximum Gasteiger partial charge on any atom is 0.472 e. The van der Waals surface area contributed by atoms with Gasteiger partial charge in [-0.15, -0.1) is 0 Å². The minimum Gasteiger partial charge on any atom is -0.456 e. The molecular formula is C67H112N2O7P+. The number of nitrogens with one attached hydrogen (secondary N) is 1. The summed E-state index contributed by atoms with van der Waals surface area (Å²) in [5, 5.41) is 3.00. The number of nitrogens with zero attached hydrogens (tertiary/aromatic N) is 1. The molecule has 436 valence electrons. The summed E-state index contributed by atoms with van der Waals surface area (Å²) in [4.78, 5) is 37.7. The maximum atomic E-state index is 13.5. The molecule has 3 atom stereocenters. The molecule has 9 nitrogen and oxygen atoms in total. The molecule has 0 saturated carbocycles. The topological polar surface area (TPSA) is 111 Å². The van der Waals surface area contributed by atoms with Crippen molar-refractivity contribution < 1.29 is 37.3 Å². The Morgan fingerprint density at radius 2 is 0.844 bits per heavy atom. The Kier molecular flexibility index (Phi) is 52.3. The lowest BCUT2D eigenvalue weighted by Crippen LogP contribution is -2.47. The average molecular weight is 1090 g/mol. The molecule has 0 aliphatic carbocycles. The first-order valence-electron chi connectivity index (χ1n) is 30.2. The molecule has 0 aliphatic heterocycles. The molecule has 0 fully saturated rings. The van der Waals surface area contributed by atoms with Gasteiger partial charge in [-0.2, -0.15) is 0 Å². The first-order valence-corrected chi connectivity index (χ1v) is 31.7. The van der Waals surface area contributed by atoms with E-state index in [1.54, 1.807) is 0 Å². The summed E-state index contributed by atoms with van der Waals surface area (Å²) in [6.07, 6.45) is 80.0. The van der Waals surface area contributed by atoms with Gasteiger partial charge in [0.2, 0.25) is 5.91 Å². The number of amides is 1. The van der Waals surface area contributed by atoms with Crippen LogP contribution in [0.25, 0.3) is 0 Å². The van der Waals surface area contributed by atoms with Crippen molar-refractivity contribution in [2.24, 2.45) is 0 Å². The second-order valence-electron chi connectivity index (χ2n) is 20.8. The van der Waals surface area contributed by atoms with Gasteiger partial charge in [-0.05, 0) is 122 Å². The van der Waals surface area contributed by atoms with Gasteiger partial charge >= 0.3 is 13.8 Å². The highest BCUT2D eigenvalue weighted by Crippen LogP contribution is 2.43. The van der Waals surface area contributed by atoms with E-state index in [2.05, 4.69) is 160 Å². The van der Waals surface area contributed by atoms with E-state index in [0.717, 1.165) is 109 Å². The van der Waals surface area contributed by atoms with Crippen LogP contribution in [-0.4, -0.2) is 74.3 Å². The SMILES string of the molecule is CC/C=C\C/C=C\C/C=C\C/C=C\C/C=C\C/C=C\CCCCC(=O)OC(/C=C/CCCCCCCCCCCCC)C(COP(=O)(O)OCC[N+](C)(C)C)NC(=O)CCC/C=C\C/C=C\C/C=C\C/C=C\C/C=C\CC. The zero-order valence-corrected chi connectivity index (χ0v) is 50.5. The Balaban J connectivity index is 5.50. The van der Waals surface area contributed by atoms with Crippen LogP contribution in [0.1, 0.15) is 213 Å². The molecule has 2 N–H and O–H groups in total. The van der Waals surface area contributed by atoms with Crippen molar-refractivity contribution in [2.75, 3.05) is 40.9 Å². The Hall–Kier alpha value is -4.11. The number of esters is 1. The third-order valence-electron chi connectivity index (χ3n) is 12.3. The second kappa shape index (κ2) is 55.2. The molecule has 0 saturated heterocycles. The van der Waals surface area contributed by atoms with Crippen molar-refractivity contribution in [3.63, 3.8) is 0 Å². The number of hydrogen-bond donors (Lipinski definition) is 2.